The minimum Gasteiger partial charge on any atom is -0.314 e. The summed E-state index contributed by atoms with van der Waals surface area (Å²) in [6.45, 7) is 3.13. The zero-order chi connectivity index (χ0) is 18.6. The van der Waals surface area contributed by atoms with Crippen LogP contribution in [0.15, 0.2) is 21.9 Å². The number of alkyl halides is 2. The van der Waals surface area contributed by atoms with Gasteiger partial charge in [0.1, 0.15) is 6.61 Å². The zero-order valence-electron chi connectivity index (χ0n) is 13.6. The largest absolute Gasteiger partial charge is 0.475 e. The molecule has 140 valence electrons. The van der Waals surface area contributed by atoms with Crippen LogP contribution in [-0.4, -0.2) is 39.9 Å². The monoisotopic (exact) mass is 382 g/mol. The number of nitrogens with zero attached hydrogens (tertiary/aromatic N) is 1. The second-order valence-electron chi connectivity index (χ2n) is 6.29. The van der Waals surface area contributed by atoms with Gasteiger partial charge in [-0.1, -0.05) is 0 Å². The lowest BCUT2D eigenvalue weighted by Crippen LogP contribution is -2.51. The first-order valence-electron chi connectivity index (χ1n) is 7.45. The number of hydrogen-bond donors (Lipinski definition) is 1. The second-order valence-corrected chi connectivity index (χ2v) is 7.86. The Morgan fingerprint density at radius 3 is 2.72 bits per heavy atom. The van der Waals surface area contributed by atoms with Crippen LogP contribution in [-0.2, 0) is 22.9 Å². The van der Waals surface area contributed by atoms with Crippen molar-refractivity contribution in [1.82, 2.24) is 9.55 Å². The van der Waals surface area contributed by atoms with Crippen molar-refractivity contribution in [3.63, 3.8) is 0 Å². The van der Waals surface area contributed by atoms with Crippen LogP contribution in [0.5, 0.6) is 0 Å². The van der Waals surface area contributed by atoms with E-state index in [4.69, 9.17) is 18.3 Å². The maximum atomic E-state index is 15.3. The molecular weight excluding hydrogens is 365 g/mol. The number of phosphoric acid groups is 1. The van der Waals surface area contributed by atoms with E-state index in [2.05, 4.69) is 0 Å². The fourth-order valence-corrected chi connectivity index (χ4v) is 4.43. The summed E-state index contributed by atoms with van der Waals surface area (Å²) in [5.74, 6) is -2.79. The van der Waals surface area contributed by atoms with Crippen LogP contribution in [0, 0.1) is 0 Å². The fraction of sp³-hybridized carbons (Fsp3) is 0.692. The Balaban J connectivity index is 1.98. The Morgan fingerprint density at radius 1 is 1.44 bits per heavy atom. The minimum absolute atomic E-state index is 0.580. The second kappa shape index (κ2) is 5.82. The maximum absolute atomic E-state index is 15.3. The van der Waals surface area contributed by atoms with E-state index < -0.39 is 55.6 Å². The van der Waals surface area contributed by atoms with Crippen molar-refractivity contribution in [3.05, 3.63) is 33.1 Å². The highest BCUT2D eigenvalue weighted by atomic mass is 31.2. The van der Waals surface area contributed by atoms with Crippen molar-refractivity contribution >= 4 is 7.82 Å². The summed E-state index contributed by atoms with van der Waals surface area (Å²) in [4.78, 5) is 25.0. The van der Waals surface area contributed by atoms with Crippen molar-refractivity contribution in [2.24, 2.45) is 0 Å². The smallest absolute Gasteiger partial charge is 0.314 e. The van der Waals surface area contributed by atoms with Crippen LogP contribution in [0.3, 0.4) is 0 Å². The summed E-state index contributed by atoms with van der Waals surface area (Å²) >= 11 is 0. The van der Waals surface area contributed by atoms with E-state index in [0.717, 1.165) is 19.2 Å². The van der Waals surface area contributed by atoms with E-state index in [1.54, 1.807) is 13.8 Å². The number of nitrogens with one attached hydrogen (secondary N) is 1. The molecule has 9 nitrogen and oxygen atoms in total. The number of aromatic nitrogens is 2. The highest BCUT2D eigenvalue weighted by molar-refractivity contribution is 7.48. The van der Waals surface area contributed by atoms with Gasteiger partial charge in [0.05, 0.1) is 6.10 Å². The number of aromatic amines is 1. The summed E-state index contributed by atoms with van der Waals surface area (Å²) in [5.41, 5.74) is -4.32. The first-order chi connectivity index (χ1) is 11.5. The van der Waals surface area contributed by atoms with Gasteiger partial charge in [0.2, 0.25) is 0 Å². The lowest BCUT2D eigenvalue weighted by molar-refractivity contribution is -0.221. The van der Waals surface area contributed by atoms with Gasteiger partial charge in [0, 0.05) is 12.3 Å². The molecule has 25 heavy (non-hydrogen) atoms. The topological polar surface area (TPSA) is 109 Å². The van der Waals surface area contributed by atoms with E-state index in [1.807, 2.05) is 4.98 Å². The molecule has 2 fully saturated rings. The molecule has 0 saturated carbocycles. The molecule has 5 unspecified atom stereocenters. The molecule has 3 rings (SSSR count). The van der Waals surface area contributed by atoms with Gasteiger partial charge < -0.3 is 4.74 Å². The molecule has 2 aliphatic heterocycles. The molecule has 3 heterocycles. The molecule has 12 heteroatoms. The quantitative estimate of drug-likeness (QED) is 0.788. The molecular formula is C13H17F2N2O7P. The van der Waals surface area contributed by atoms with Crippen LogP contribution in [0.1, 0.15) is 27.0 Å². The van der Waals surface area contributed by atoms with Crippen molar-refractivity contribution in [1.29, 1.82) is 0 Å². The average molecular weight is 382 g/mol. The summed E-state index contributed by atoms with van der Waals surface area (Å²) in [7, 11) is -4.21. The van der Waals surface area contributed by atoms with Gasteiger partial charge in [-0.05, 0) is 20.8 Å². The molecule has 1 aromatic heterocycles. The SMILES string of the molecule is CC(C)OP1(=O)OCC2(F)OC(n3ccc(=O)[nH]c3=O)C(C)(F)C2O1. The molecule has 0 amide bonds. The van der Waals surface area contributed by atoms with Gasteiger partial charge in [0.15, 0.2) is 18.0 Å². The van der Waals surface area contributed by atoms with Crippen LogP contribution >= 0.6 is 7.82 Å². The van der Waals surface area contributed by atoms with E-state index in [0.29, 0.717) is 4.57 Å². The van der Waals surface area contributed by atoms with Gasteiger partial charge in [0.25, 0.3) is 11.4 Å². The maximum Gasteiger partial charge on any atom is 0.475 e. The lowest BCUT2D eigenvalue weighted by Gasteiger charge is -2.36. The predicted molar refractivity (Wildman–Crippen MR) is 79.4 cm³/mol. The molecule has 2 saturated heterocycles. The molecule has 0 aromatic carbocycles. The van der Waals surface area contributed by atoms with Crippen molar-refractivity contribution in [2.45, 2.75) is 50.7 Å². The van der Waals surface area contributed by atoms with E-state index >= 15 is 8.78 Å². The molecule has 2 aliphatic rings. The fourth-order valence-electron chi connectivity index (χ4n) is 2.79. The van der Waals surface area contributed by atoms with E-state index in [9.17, 15) is 14.2 Å². The highest BCUT2D eigenvalue weighted by Gasteiger charge is 2.70. The number of ether oxygens (including phenoxy) is 1. The Kier molecular flexibility index (Phi) is 4.28. The standard InChI is InChI=1S/C13H17F2N2O7P/c1-7(2)23-25(20)21-6-13(15)9(24-25)12(3,14)10(22-13)17-5-4-8(18)16-11(17)19/h4-5,7,9-10H,6H2,1-3H3,(H,16,18,19). The van der Waals surface area contributed by atoms with Crippen LogP contribution in [0.25, 0.3) is 0 Å². The first kappa shape index (κ1) is 18.4. The van der Waals surface area contributed by atoms with Crippen LogP contribution in [0.2, 0.25) is 0 Å². The first-order valence-corrected chi connectivity index (χ1v) is 8.91. The summed E-state index contributed by atoms with van der Waals surface area (Å²) < 4.78 is 63.3. The summed E-state index contributed by atoms with van der Waals surface area (Å²) in [6.07, 6.45) is -3.36. The number of rotatable bonds is 3. The number of phosphoric ester groups is 1. The Hall–Kier alpha value is -1.39. The van der Waals surface area contributed by atoms with Gasteiger partial charge in [-0.2, -0.15) is 0 Å². The minimum atomic E-state index is -4.21. The van der Waals surface area contributed by atoms with E-state index in [-0.39, 0.29) is 0 Å². The third-order valence-electron chi connectivity index (χ3n) is 3.79. The van der Waals surface area contributed by atoms with Gasteiger partial charge in [-0.25, -0.2) is 18.1 Å². The predicted octanol–water partition coefficient (Wildman–Crippen LogP) is 1.41. The van der Waals surface area contributed by atoms with E-state index in [1.165, 1.54) is 0 Å². The normalized spacial score (nSPS) is 41.0. The van der Waals surface area contributed by atoms with Gasteiger partial charge in [-0.15, -0.1) is 0 Å². The molecule has 0 spiro atoms. The highest BCUT2D eigenvalue weighted by Crippen LogP contribution is 2.63. The average Bonchev–Trinajstić information content (AvgIpc) is 2.67. The van der Waals surface area contributed by atoms with Crippen LogP contribution in [0.4, 0.5) is 8.78 Å². The molecule has 5 atom stereocenters. The van der Waals surface area contributed by atoms with Crippen molar-refractivity contribution < 1.29 is 31.7 Å². The molecule has 0 radical (unpaired) electrons. The Morgan fingerprint density at radius 2 is 2.12 bits per heavy atom. The summed E-state index contributed by atoms with van der Waals surface area (Å²) in [6, 6.07) is 0.956. The summed E-state index contributed by atoms with van der Waals surface area (Å²) in [5, 5.41) is 0. The molecule has 0 aliphatic carbocycles. The number of H-pyrrole nitrogens is 1. The number of hydrogen-bond acceptors (Lipinski definition) is 7. The van der Waals surface area contributed by atoms with Crippen molar-refractivity contribution in [2.75, 3.05) is 6.61 Å². The third-order valence-corrected chi connectivity index (χ3v) is 5.39. The molecule has 1 aromatic rings. The van der Waals surface area contributed by atoms with Gasteiger partial charge in [-0.3, -0.25) is 27.9 Å². The number of fused-ring (bicyclic) bond motifs is 1. The molecule has 1 N–H and O–H groups in total. The van der Waals surface area contributed by atoms with Crippen molar-refractivity contribution in [3.8, 4) is 0 Å². The third kappa shape index (κ3) is 3.11. The van der Waals surface area contributed by atoms with Crippen LogP contribution < -0.4 is 11.2 Å². The zero-order valence-corrected chi connectivity index (χ0v) is 14.5. The Labute approximate surface area is 140 Å². The Bertz CT molecular complexity index is 838. The lowest BCUT2D eigenvalue weighted by atomic mass is 9.97. The number of halogens is 2. The molecule has 0 bridgehead atoms. The van der Waals surface area contributed by atoms with Gasteiger partial charge >= 0.3 is 13.5 Å².